The molecule has 0 spiro atoms. The maximum absolute atomic E-state index is 13.4. The van der Waals surface area contributed by atoms with Crippen molar-refractivity contribution >= 4 is 21.6 Å². The lowest BCUT2D eigenvalue weighted by Gasteiger charge is -2.28. The molecule has 2 aromatic carbocycles. The van der Waals surface area contributed by atoms with Crippen LogP contribution in [-0.2, 0) is 19.6 Å². The number of ether oxygens (including phenoxy) is 2. The van der Waals surface area contributed by atoms with Crippen LogP contribution in [0.3, 0.4) is 0 Å². The Labute approximate surface area is 195 Å². The number of anilines is 1. The van der Waals surface area contributed by atoms with Gasteiger partial charge in [0.25, 0.3) is 0 Å². The van der Waals surface area contributed by atoms with Gasteiger partial charge in [0.15, 0.2) is 0 Å². The molecule has 2 fully saturated rings. The number of carbonyl (C=O) groups excluding carboxylic acids is 1. The molecule has 0 saturated carbocycles. The maximum atomic E-state index is 13.4. The van der Waals surface area contributed by atoms with Gasteiger partial charge in [0.1, 0.15) is 16.7 Å². The molecule has 2 saturated heterocycles. The minimum atomic E-state index is -3.78. The van der Waals surface area contributed by atoms with Crippen LogP contribution in [0.1, 0.15) is 31.4 Å². The molecule has 1 N–H and O–H groups in total. The summed E-state index contributed by atoms with van der Waals surface area (Å²) in [5.41, 5.74) is 1.38. The lowest BCUT2D eigenvalue weighted by Crippen LogP contribution is -2.40. The van der Waals surface area contributed by atoms with Crippen molar-refractivity contribution in [2.75, 3.05) is 51.3 Å². The predicted octanol–water partition coefficient (Wildman–Crippen LogP) is 2.88. The monoisotopic (exact) mass is 473 g/mol. The van der Waals surface area contributed by atoms with E-state index in [0.717, 1.165) is 31.5 Å². The van der Waals surface area contributed by atoms with Crippen LogP contribution in [0.4, 0.5) is 5.69 Å². The van der Waals surface area contributed by atoms with E-state index < -0.39 is 16.1 Å². The number of likely N-dealkylation sites (tertiary alicyclic amines) is 1. The third-order valence-electron chi connectivity index (χ3n) is 5.94. The van der Waals surface area contributed by atoms with Crippen molar-refractivity contribution < 1.29 is 22.7 Å². The van der Waals surface area contributed by atoms with Crippen molar-refractivity contribution in [3.63, 3.8) is 0 Å². The molecule has 1 amide bonds. The highest BCUT2D eigenvalue weighted by Gasteiger charge is 2.31. The van der Waals surface area contributed by atoms with Crippen molar-refractivity contribution in [3.8, 4) is 5.75 Å². The quantitative estimate of drug-likeness (QED) is 0.634. The predicted molar refractivity (Wildman–Crippen MR) is 126 cm³/mol. The van der Waals surface area contributed by atoms with E-state index in [1.54, 1.807) is 18.2 Å². The molecular weight excluding hydrogens is 442 g/mol. The number of nitrogens with one attached hydrogen (secondary N) is 1. The second-order valence-electron chi connectivity index (χ2n) is 8.13. The van der Waals surface area contributed by atoms with Crippen molar-refractivity contribution in [2.24, 2.45) is 0 Å². The Bertz CT molecular complexity index is 1050. The minimum absolute atomic E-state index is 0.00910. The largest absolute Gasteiger partial charge is 0.492 e. The number of sulfonamides is 1. The SMILES string of the molecule is CCOc1ccc(N[C@@H](C(=O)N2CCCC2)c2ccccc2)cc1S(=O)(=O)N1CCOCC1. The minimum Gasteiger partial charge on any atom is -0.492 e. The Kier molecular flexibility index (Phi) is 7.52. The van der Waals surface area contributed by atoms with Crippen LogP contribution < -0.4 is 10.1 Å². The molecule has 0 bridgehead atoms. The van der Waals surface area contributed by atoms with Crippen molar-refractivity contribution in [1.29, 1.82) is 0 Å². The number of nitrogens with zero attached hydrogens (tertiary/aromatic N) is 2. The first-order valence-corrected chi connectivity index (χ1v) is 12.9. The third kappa shape index (κ3) is 5.31. The summed E-state index contributed by atoms with van der Waals surface area (Å²) in [6, 6.07) is 13.9. The van der Waals surface area contributed by atoms with E-state index in [4.69, 9.17) is 9.47 Å². The normalized spacial score (nSPS) is 18.2. The van der Waals surface area contributed by atoms with E-state index in [0.29, 0.717) is 44.3 Å². The lowest BCUT2D eigenvalue weighted by molar-refractivity contribution is -0.131. The zero-order chi connectivity index (χ0) is 23.3. The number of rotatable bonds is 8. The molecule has 0 aliphatic carbocycles. The molecular formula is C24H31N3O5S. The Balaban J connectivity index is 1.68. The van der Waals surface area contributed by atoms with Gasteiger partial charge < -0.3 is 19.7 Å². The first-order chi connectivity index (χ1) is 16.0. The third-order valence-corrected chi connectivity index (χ3v) is 7.86. The summed E-state index contributed by atoms with van der Waals surface area (Å²) in [5, 5.41) is 3.30. The van der Waals surface area contributed by atoms with Crippen LogP contribution in [0, 0.1) is 0 Å². The molecule has 0 aromatic heterocycles. The lowest BCUT2D eigenvalue weighted by atomic mass is 10.1. The van der Waals surface area contributed by atoms with Gasteiger partial charge in [-0.2, -0.15) is 4.31 Å². The number of carbonyl (C=O) groups is 1. The van der Waals surface area contributed by atoms with E-state index >= 15 is 0 Å². The fraction of sp³-hybridized carbons (Fsp3) is 0.458. The zero-order valence-electron chi connectivity index (χ0n) is 18.9. The zero-order valence-corrected chi connectivity index (χ0v) is 19.7. The molecule has 1 atom stereocenters. The smallest absolute Gasteiger partial charge is 0.249 e. The highest BCUT2D eigenvalue weighted by atomic mass is 32.2. The van der Waals surface area contributed by atoms with Crippen molar-refractivity contribution in [3.05, 3.63) is 54.1 Å². The molecule has 2 aromatic rings. The molecule has 2 aliphatic rings. The van der Waals surface area contributed by atoms with Gasteiger partial charge >= 0.3 is 0 Å². The number of hydrogen-bond donors (Lipinski definition) is 1. The average molecular weight is 474 g/mol. The van der Waals surface area contributed by atoms with Crippen LogP contribution in [0.25, 0.3) is 0 Å². The van der Waals surface area contributed by atoms with Gasteiger partial charge in [0.05, 0.1) is 19.8 Å². The highest BCUT2D eigenvalue weighted by Crippen LogP contribution is 2.32. The van der Waals surface area contributed by atoms with E-state index in [2.05, 4.69) is 5.32 Å². The number of benzene rings is 2. The molecule has 178 valence electrons. The first-order valence-electron chi connectivity index (χ1n) is 11.5. The average Bonchev–Trinajstić information content (AvgIpc) is 3.39. The summed E-state index contributed by atoms with van der Waals surface area (Å²) in [6.07, 6.45) is 2.00. The summed E-state index contributed by atoms with van der Waals surface area (Å²) in [5.74, 6) is 0.293. The van der Waals surface area contributed by atoms with E-state index in [1.165, 1.54) is 4.31 Å². The second-order valence-corrected chi connectivity index (χ2v) is 10.0. The van der Waals surface area contributed by atoms with E-state index in [-0.39, 0.29) is 10.8 Å². The molecule has 0 radical (unpaired) electrons. The van der Waals surface area contributed by atoms with Crippen molar-refractivity contribution in [2.45, 2.75) is 30.7 Å². The fourth-order valence-corrected chi connectivity index (χ4v) is 5.79. The number of amides is 1. The highest BCUT2D eigenvalue weighted by molar-refractivity contribution is 7.89. The van der Waals surface area contributed by atoms with Gasteiger partial charge in [-0.05, 0) is 43.5 Å². The first kappa shape index (κ1) is 23.5. The van der Waals surface area contributed by atoms with Gasteiger partial charge in [-0.15, -0.1) is 0 Å². The van der Waals surface area contributed by atoms with Crippen LogP contribution >= 0.6 is 0 Å². The van der Waals surface area contributed by atoms with Gasteiger partial charge in [-0.1, -0.05) is 30.3 Å². The fourth-order valence-electron chi connectivity index (χ4n) is 4.22. The van der Waals surface area contributed by atoms with Gasteiger partial charge in [0.2, 0.25) is 15.9 Å². The summed E-state index contributed by atoms with van der Waals surface area (Å²) in [4.78, 5) is 15.3. The van der Waals surface area contributed by atoms with E-state index in [1.807, 2.05) is 42.2 Å². The molecule has 4 rings (SSSR count). The topological polar surface area (TPSA) is 88.2 Å². The summed E-state index contributed by atoms with van der Waals surface area (Å²) >= 11 is 0. The Hall–Kier alpha value is -2.62. The van der Waals surface area contributed by atoms with Crippen LogP contribution in [0.15, 0.2) is 53.4 Å². The van der Waals surface area contributed by atoms with Gasteiger partial charge in [0, 0.05) is 31.9 Å². The van der Waals surface area contributed by atoms with Crippen LogP contribution in [0.2, 0.25) is 0 Å². The molecule has 33 heavy (non-hydrogen) atoms. The van der Waals surface area contributed by atoms with Gasteiger partial charge in [-0.25, -0.2) is 8.42 Å². The Morgan fingerprint density at radius 3 is 2.42 bits per heavy atom. The molecule has 8 nitrogen and oxygen atoms in total. The molecule has 2 heterocycles. The van der Waals surface area contributed by atoms with Crippen molar-refractivity contribution in [1.82, 2.24) is 9.21 Å². The Morgan fingerprint density at radius 1 is 1.06 bits per heavy atom. The number of hydrogen-bond acceptors (Lipinski definition) is 6. The Morgan fingerprint density at radius 2 is 1.76 bits per heavy atom. The van der Waals surface area contributed by atoms with Gasteiger partial charge in [-0.3, -0.25) is 4.79 Å². The molecule has 0 unspecified atom stereocenters. The molecule has 2 aliphatic heterocycles. The number of morpholine rings is 1. The maximum Gasteiger partial charge on any atom is 0.249 e. The summed E-state index contributed by atoms with van der Waals surface area (Å²) < 4.78 is 39.2. The van der Waals surface area contributed by atoms with Crippen LogP contribution in [-0.4, -0.2) is 69.5 Å². The molecule has 9 heteroatoms. The standard InChI is InChI=1S/C24H31N3O5S/c1-2-32-21-11-10-20(18-22(21)33(29,30)27-14-16-31-17-15-27)25-23(19-8-4-3-5-9-19)24(28)26-12-6-7-13-26/h3-5,8-11,18,23,25H,2,6-7,12-17H2,1H3/t23-/m1/s1. The van der Waals surface area contributed by atoms with Crippen LogP contribution in [0.5, 0.6) is 5.75 Å². The second kappa shape index (κ2) is 10.5. The van der Waals surface area contributed by atoms with E-state index in [9.17, 15) is 13.2 Å². The summed E-state index contributed by atoms with van der Waals surface area (Å²) in [6.45, 7) is 4.96. The summed E-state index contributed by atoms with van der Waals surface area (Å²) in [7, 11) is -3.78.